The van der Waals surface area contributed by atoms with Gasteiger partial charge in [0.25, 0.3) is 5.56 Å². The summed E-state index contributed by atoms with van der Waals surface area (Å²) in [4.78, 5) is 12.0. The molecule has 20 heavy (non-hydrogen) atoms. The molecule has 5 heteroatoms. The van der Waals surface area contributed by atoms with E-state index in [4.69, 9.17) is 9.47 Å². The molecule has 1 aromatic carbocycles. The van der Waals surface area contributed by atoms with Crippen LogP contribution in [0.1, 0.15) is 5.56 Å². The summed E-state index contributed by atoms with van der Waals surface area (Å²) in [6.45, 7) is 2.01. The third-order valence-corrected chi connectivity index (χ3v) is 3.71. The number of hydrogen-bond donors (Lipinski definition) is 0. The minimum Gasteiger partial charge on any atom is -0.468 e. The van der Waals surface area contributed by atoms with Gasteiger partial charge in [0.2, 0.25) is 0 Å². The van der Waals surface area contributed by atoms with E-state index < -0.39 is 0 Å². The van der Waals surface area contributed by atoms with Gasteiger partial charge >= 0.3 is 0 Å². The number of aryl methyl sites for hydroxylation is 1. The van der Waals surface area contributed by atoms with Crippen LogP contribution in [0.25, 0.3) is 11.3 Å². The van der Waals surface area contributed by atoms with Crippen LogP contribution in [-0.4, -0.2) is 18.5 Å². The number of methoxy groups -OCH3 is 1. The van der Waals surface area contributed by atoms with E-state index in [0.717, 1.165) is 21.3 Å². The molecule has 2 aromatic rings. The van der Waals surface area contributed by atoms with Crippen molar-refractivity contribution in [2.75, 3.05) is 13.9 Å². The number of rotatable bonds is 4. The average Bonchev–Trinajstić information content (AvgIpc) is 2.44. The highest BCUT2D eigenvalue weighted by atomic mass is 79.9. The highest BCUT2D eigenvalue weighted by Gasteiger charge is 2.09. The van der Waals surface area contributed by atoms with Crippen LogP contribution in [-0.2, 0) is 11.8 Å². The molecule has 0 spiro atoms. The fourth-order valence-corrected chi connectivity index (χ4v) is 2.51. The smallest absolute Gasteiger partial charge is 0.253 e. The molecule has 4 nitrogen and oxygen atoms in total. The van der Waals surface area contributed by atoms with E-state index in [-0.39, 0.29) is 12.4 Å². The van der Waals surface area contributed by atoms with Crippen LogP contribution < -0.4 is 10.3 Å². The molecule has 0 aliphatic heterocycles. The topological polar surface area (TPSA) is 40.5 Å². The molecule has 2 rings (SSSR count). The van der Waals surface area contributed by atoms with E-state index in [1.54, 1.807) is 18.7 Å². The molecular formula is C15H16BrNO3. The van der Waals surface area contributed by atoms with Crippen molar-refractivity contribution in [1.82, 2.24) is 4.57 Å². The lowest BCUT2D eigenvalue weighted by molar-refractivity contribution is 0.0511. The molecule has 0 fully saturated rings. The van der Waals surface area contributed by atoms with Crippen molar-refractivity contribution in [1.29, 1.82) is 0 Å². The Morgan fingerprint density at radius 2 is 2.00 bits per heavy atom. The first kappa shape index (κ1) is 14.8. The summed E-state index contributed by atoms with van der Waals surface area (Å²) < 4.78 is 12.8. The maximum Gasteiger partial charge on any atom is 0.253 e. The van der Waals surface area contributed by atoms with Crippen LogP contribution >= 0.6 is 15.9 Å². The molecule has 0 atom stereocenters. The van der Waals surface area contributed by atoms with Crippen molar-refractivity contribution in [2.45, 2.75) is 6.92 Å². The van der Waals surface area contributed by atoms with Gasteiger partial charge in [0.05, 0.1) is 5.69 Å². The second kappa shape index (κ2) is 6.24. The van der Waals surface area contributed by atoms with Crippen LogP contribution in [0.5, 0.6) is 5.75 Å². The van der Waals surface area contributed by atoms with Gasteiger partial charge in [0, 0.05) is 29.8 Å². The minimum atomic E-state index is 0.00843. The van der Waals surface area contributed by atoms with E-state index in [0.29, 0.717) is 5.75 Å². The van der Waals surface area contributed by atoms with E-state index >= 15 is 0 Å². The molecule has 0 amide bonds. The lowest BCUT2D eigenvalue weighted by Crippen LogP contribution is -2.20. The Labute approximate surface area is 126 Å². The van der Waals surface area contributed by atoms with Crippen molar-refractivity contribution in [3.63, 3.8) is 0 Å². The zero-order chi connectivity index (χ0) is 14.7. The zero-order valence-corrected chi connectivity index (χ0v) is 13.2. The van der Waals surface area contributed by atoms with Gasteiger partial charge in [-0.15, -0.1) is 0 Å². The second-order valence-corrected chi connectivity index (χ2v) is 5.31. The summed E-state index contributed by atoms with van der Waals surface area (Å²) in [6.07, 6.45) is 0. The number of nitrogens with zero attached hydrogens (tertiary/aromatic N) is 1. The summed E-state index contributed by atoms with van der Waals surface area (Å²) in [6, 6.07) is 9.40. The van der Waals surface area contributed by atoms with Gasteiger partial charge in [-0.05, 0) is 47.1 Å². The first-order valence-electron chi connectivity index (χ1n) is 6.13. The Morgan fingerprint density at radius 3 is 2.65 bits per heavy atom. The molecule has 106 valence electrons. The van der Waals surface area contributed by atoms with Crippen LogP contribution in [0.15, 0.2) is 39.6 Å². The second-order valence-electron chi connectivity index (χ2n) is 4.46. The largest absolute Gasteiger partial charge is 0.468 e. The molecule has 0 unspecified atom stereocenters. The number of hydrogen-bond acceptors (Lipinski definition) is 3. The van der Waals surface area contributed by atoms with Crippen LogP contribution in [0, 0.1) is 6.92 Å². The maximum atomic E-state index is 12.0. The minimum absolute atomic E-state index is 0.00843. The van der Waals surface area contributed by atoms with Crippen LogP contribution in [0.4, 0.5) is 0 Å². The number of aromatic nitrogens is 1. The van der Waals surface area contributed by atoms with Gasteiger partial charge in [0.15, 0.2) is 6.79 Å². The number of halogens is 1. The Morgan fingerprint density at radius 1 is 1.25 bits per heavy atom. The number of ether oxygens (including phenoxy) is 2. The Hall–Kier alpha value is -1.59. The van der Waals surface area contributed by atoms with Crippen LogP contribution in [0.2, 0.25) is 0 Å². The SMILES string of the molecule is COCOc1ccc(-c2ccc(C)c(=O)n2C)c(Br)c1. The van der Waals surface area contributed by atoms with Crippen molar-refractivity contribution >= 4 is 15.9 Å². The molecular weight excluding hydrogens is 322 g/mol. The zero-order valence-electron chi connectivity index (χ0n) is 11.6. The van der Waals surface area contributed by atoms with E-state index in [1.165, 1.54) is 0 Å². The van der Waals surface area contributed by atoms with Gasteiger partial charge in [0.1, 0.15) is 5.75 Å². The predicted octanol–water partition coefficient (Wildman–Crippen LogP) is 3.11. The molecule has 0 aliphatic carbocycles. The molecule has 0 aliphatic rings. The summed E-state index contributed by atoms with van der Waals surface area (Å²) in [5.41, 5.74) is 2.53. The Bertz CT molecular complexity index is 679. The lowest BCUT2D eigenvalue weighted by atomic mass is 10.1. The molecule has 1 heterocycles. The first-order chi connectivity index (χ1) is 9.54. The molecule has 1 aromatic heterocycles. The van der Waals surface area contributed by atoms with Gasteiger partial charge in [-0.3, -0.25) is 4.79 Å². The molecule has 0 N–H and O–H groups in total. The van der Waals surface area contributed by atoms with Gasteiger partial charge in [-0.25, -0.2) is 0 Å². The van der Waals surface area contributed by atoms with Gasteiger partial charge in [-0.1, -0.05) is 6.07 Å². The van der Waals surface area contributed by atoms with E-state index in [2.05, 4.69) is 15.9 Å². The Kier molecular flexibility index (Phi) is 4.62. The highest BCUT2D eigenvalue weighted by molar-refractivity contribution is 9.10. The van der Waals surface area contributed by atoms with Crippen LogP contribution in [0.3, 0.4) is 0 Å². The predicted molar refractivity (Wildman–Crippen MR) is 82.1 cm³/mol. The summed E-state index contributed by atoms with van der Waals surface area (Å²) in [7, 11) is 3.35. The summed E-state index contributed by atoms with van der Waals surface area (Å²) in [5.74, 6) is 0.708. The molecule has 0 radical (unpaired) electrons. The Balaban J connectivity index is 2.44. The van der Waals surface area contributed by atoms with Crippen molar-refractivity contribution in [3.8, 4) is 17.0 Å². The number of pyridine rings is 1. The quantitative estimate of drug-likeness (QED) is 0.805. The number of benzene rings is 1. The lowest BCUT2D eigenvalue weighted by Gasteiger charge is -2.12. The summed E-state index contributed by atoms with van der Waals surface area (Å²) in [5, 5.41) is 0. The van der Waals surface area contributed by atoms with Gasteiger partial charge < -0.3 is 14.0 Å². The fraction of sp³-hybridized carbons (Fsp3) is 0.267. The molecule has 0 saturated heterocycles. The molecule has 0 saturated carbocycles. The summed E-state index contributed by atoms with van der Waals surface area (Å²) >= 11 is 3.52. The fourth-order valence-electron chi connectivity index (χ4n) is 1.95. The normalized spacial score (nSPS) is 10.6. The third-order valence-electron chi connectivity index (χ3n) is 3.05. The third kappa shape index (κ3) is 2.94. The average molecular weight is 338 g/mol. The molecule has 0 bridgehead atoms. The van der Waals surface area contributed by atoms with Gasteiger partial charge in [-0.2, -0.15) is 0 Å². The monoisotopic (exact) mass is 337 g/mol. The highest BCUT2D eigenvalue weighted by Crippen LogP contribution is 2.30. The van der Waals surface area contributed by atoms with E-state index in [9.17, 15) is 4.79 Å². The maximum absolute atomic E-state index is 12.0. The standard InChI is InChI=1S/C15H16BrNO3/c1-10-4-7-14(17(2)15(10)18)12-6-5-11(8-13(12)16)20-9-19-3/h4-8H,9H2,1-3H3. The van der Waals surface area contributed by atoms with Crippen molar-refractivity contribution in [2.24, 2.45) is 7.05 Å². The van der Waals surface area contributed by atoms with Crippen molar-refractivity contribution in [3.05, 3.63) is 50.7 Å². The van der Waals surface area contributed by atoms with E-state index in [1.807, 2.05) is 37.3 Å². The first-order valence-corrected chi connectivity index (χ1v) is 6.92. The van der Waals surface area contributed by atoms with Crippen molar-refractivity contribution < 1.29 is 9.47 Å².